The molecule has 1 aromatic heterocycles. The highest BCUT2D eigenvalue weighted by atomic mass is 15.0. The van der Waals surface area contributed by atoms with Gasteiger partial charge < -0.3 is 0 Å². The molecule has 0 unspecified atom stereocenters. The Labute approximate surface area is 219 Å². The van der Waals surface area contributed by atoms with Crippen molar-refractivity contribution in [2.75, 3.05) is 0 Å². The second-order valence-corrected chi connectivity index (χ2v) is 9.30. The van der Waals surface area contributed by atoms with Crippen LogP contribution in [0.25, 0.3) is 50.5 Å². The molecule has 0 aliphatic carbocycles. The first kappa shape index (κ1) is 22.7. The van der Waals surface area contributed by atoms with E-state index in [0.29, 0.717) is 0 Å². The van der Waals surface area contributed by atoms with Gasteiger partial charge in [0.25, 0.3) is 0 Å². The molecule has 5 aromatic carbocycles. The smallest absolute Gasteiger partial charge is 0.152 e. The van der Waals surface area contributed by atoms with Crippen molar-refractivity contribution in [1.29, 1.82) is 0 Å². The molecule has 0 fully saturated rings. The summed E-state index contributed by atoms with van der Waals surface area (Å²) in [4.78, 5) is 0. The van der Waals surface area contributed by atoms with E-state index in [9.17, 15) is 0 Å². The van der Waals surface area contributed by atoms with Gasteiger partial charge in [0.15, 0.2) is 0 Å². The molecule has 0 N–H and O–H groups in total. The zero-order valence-electron chi connectivity index (χ0n) is 20.9. The molecule has 176 valence electrons. The second-order valence-electron chi connectivity index (χ2n) is 9.30. The molecule has 0 atom stereocenters. The largest absolute Gasteiger partial charge is 0.227 e. The van der Waals surface area contributed by atoms with E-state index in [-0.39, 0.29) is 0 Å². The highest BCUT2D eigenvalue weighted by Crippen LogP contribution is 2.41. The summed E-state index contributed by atoms with van der Waals surface area (Å²) in [6.07, 6.45) is 0. The van der Waals surface area contributed by atoms with Crippen LogP contribution in [-0.2, 0) is 0 Å². The standard InChI is InChI=1S/C36H28N/c1-27-22-24-32(25-23-27)37-34(29-16-8-3-9-17-29)26-33(28-14-6-2-7-15-28)35(30-18-10-4-11-19-30)36(37)31-20-12-5-13-21-31/h2-26H,1H3/q+1. The summed E-state index contributed by atoms with van der Waals surface area (Å²) in [6, 6.07) is 54.2. The van der Waals surface area contributed by atoms with Gasteiger partial charge in [-0.2, -0.15) is 4.57 Å². The fourth-order valence-corrected chi connectivity index (χ4v) is 5.03. The maximum Gasteiger partial charge on any atom is 0.227 e. The Kier molecular flexibility index (Phi) is 6.19. The third-order valence-corrected chi connectivity index (χ3v) is 6.81. The van der Waals surface area contributed by atoms with E-state index in [1.54, 1.807) is 0 Å². The van der Waals surface area contributed by atoms with Crippen LogP contribution in [-0.4, -0.2) is 0 Å². The monoisotopic (exact) mass is 474 g/mol. The van der Waals surface area contributed by atoms with E-state index in [1.165, 1.54) is 44.6 Å². The van der Waals surface area contributed by atoms with Crippen molar-refractivity contribution < 1.29 is 4.57 Å². The number of pyridine rings is 1. The average molecular weight is 475 g/mol. The molecule has 1 heterocycles. The highest BCUT2D eigenvalue weighted by Gasteiger charge is 2.30. The first-order valence-electron chi connectivity index (χ1n) is 12.7. The minimum absolute atomic E-state index is 1.14. The number of nitrogens with zero attached hydrogens (tertiary/aromatic N) is 1. The molecule has 0 spiro atoms. The molecular weight excluding hydrogens is 446 g/mol. The topological polar surface area (TPSA) is 3.88 Å². The molecule has 1 nitrogen and oxygen atoms in total. The van der Waals surface area contributed by atoms with Crippen LogP contribution in [0.3, 0.4) is 0 Å². The molecule has 1 heteroatoms. The zero-order valence-corrected chi connectivity index (χ0v) is 20.9. The Balaban J connectivity index is 1.84. The third kappa shape index (κ3) is 4.48. The Morgan fingerprint density at radius 2 is 0.892 bits per heavy atom. The van der Waals surface area contributed by atoms with Gasteiger partial charge in [-0.1, -0.05) is 115 Å². The summed E-state index contributed by atoms with van der Waals surface area (Å²) in [7, 11) is 0. The van der Waals surface area contributed by atoms with Crippen LogP contribution < -0.4 is 4.57 Å². The third-order valence-electron chi connectivity index (χ3n) is 6.81. The van der Waals surface area contributed by atoms with Crippen LogP contribution in [0.5, 0.6) is 0 Å². The molecule has 0 amide bonds. The summed E-state index contributed by atoms with van der Waals surface area (Å²) < 4.78 is 2.43. The van der Waals surface area contributed by atoms with Gasteiger partial charge in [-0.05, 0) is 42.3 Å². The second kappa shape index (κ2) is 10.1. The molecule has 0 aliphatic heterocycles. The van der Waals surface area contributed by atoms with Gasteiger partial charge in [0.05, 0.1) is 5.56 Å². The van der Waals surface area contributed by atoms with Crippen LogP contribution in [0.2, 0.25) is 0 Å². The van der Waals surface area contributed by atoms with E-state index in [2.05, 4.69) is 163 Å². The molecule has 37 heavy (non-hydrogen) atoms. The van der Waals surface area contributed by atoms with Gasteiger partial charge >= 0.3 is 0 Å². The lowest BCUT2D eigenvalue weighted by atomic mass is 9.88. The van der Waals surface area contributed by atoms with Crippen molar-refractivity contribution in [3.63, 3.8) is 0 Å². The molecular formula is C36H28N+. The molecule has 0 aliphatic rings. The lowest BCUT2D eigenvalue weighted by Gasteiger charge is -2.18. The fourth-order valence-electron chi connectivity index (χ4n) is 5.03. The number of rotatable bonds is 5. The average Bonchev–Trinajstić information content (AvgIpc) is 2.98. The lowest BCUT2D eigenvalue weighted by molar-refractivity contribution is -0.571. The number of hydrogen-bond donors (Lipinski definition) is 0. The summed E-state index contributed by atoms with van der Waals surface area (Å²) >= 11 is 0. The SMILES string of the molecule is Cc1ccc(-[n+]2c(-c3ccccc3)cc(-c3ccccc3)c(-c3ccccc3)c2-c2ccccc2)cc1. The Morgan fingerprint density at radius 1 is 0.432 bits per heavy atom. The van der Waals surface area contributed by atoms with Crippen molar-refractivity contribution in [3.8, 4) is 50.5 Å². The van der Waals surface area contributed by atoms with Crippen molar-refractivity contribution in [3.05, 3.63) is 157 Å². The first-order chi connectivity index (χ1) is 18.3. The lowest BCUT2D eigenvalue weighted by Crippen LogP contribution is -2.37. The molecule has 6 rings (SSSR count). The van der Waals surface area contributed by atoms with Gasteiger partial charge in [0, 0.05) is 34.9 Å². The molecule has 0 saturated carbocycles. The molecule has 6 aromatic rings. The number of benzene rings is 5. The van der Waals surface area contributed by atoms with E-state index in [4.69, 9.17) is 0 Å². The Hall–Kier alpha value is -4.75. The first-order valence-corrected chi connectivity index (χ1v) is 12.7. The van der Waals surface area contributed by atoms with Gasteiger partial charge in [0.2, 0.25) is 17.1 Å². The van der Waals surface area contributed by atoms with Crippen LogP contribution in [0, 0.1) is 6.92 Å². The summed E-state index contributed by atoms with van der Waals surface area (Å²) in [5, 5.41) is 0. The van der Waals surface area contributed by atoms with E-state index in [1.807, 2.05) is 0 Å². The number of aromatic nitrogens is 1. The maximum absolute atomic E-state index is 2.43. The summed E-state index contributed by atoms with van der Waals surface area (Å²) in [6.45, 7) is 2.14. The van der Waals surface area contributed by atoms with E-state index < -0.39 is 0 Å². The van der Waals surface area contributed by atoms with Crippen LogP contribution in [0.1, 0.15) is 5.56 Å². The maximum atomic E-state index is 2.43. The van der Waals surface area contributed by atoms with Gasteiger partial charge in [-0.3, -0.25) is 0 Å². The van der Waals surface area contributed by atoms with E-state index >= 15 is 0 Å². The summed E-state index contributed by atoms with van der Waals surface area (Å²) in [5.41, 5.74) is 11.9. The quantitative estimate of drug-likeness (QED) is 0.220. The van der Waals surface area contributed by atoms with Crippen LogP contribution >= 0.6 is 0 Å². The highest BCUT2D eigenvalue weighted by molar-refractivity contribution is 5.93. The number of aryl methyl sites for hydroxylation is 1. The Bertz CT molecular complexity index is 1620. The van der Waals surface area contributed by atoms with Gasteiger partial charge in [-0.15, -0.1) is 0 Å². The van der Waals surface area contributed by atoms with Gasteiger partial charge in [-0.25, -0.2) is 0 Å². The molecule has 0 saturated heterocycles. The van der Waals surface area contributed by atoms with Crippen molar-refractivity contribution in [1.82, 2.24) is 0 Å². The van der Waals surface area contributed by atoms with Crippen molar-refractivity contribution in [2.24, 2.45) is 0 Å². The van der Waals surface area contributed by atoms with Crippen LogP contribution in [0.4, 0.5) is 0 Å². The molecule has 0 bridgehead atoms. The van der Waals surface area contributed by atoms with Crippen molar-refractivity contribution in [2.45, 2.75) is 6.92 Å². The predicted molar refractivity (Wildman–Crippen MR) is 154 cm³/mol. The Morgan fingerprint density at radius 3 is 1.43 bits per heavy atom. The predicted octanol–water partition coefficient (Wildman–Crippen LogP) is 8.94. The normalized spacial score (nSPS) is 10.8. The zero-order chi connectivity index (χ0) is 25.0. The molecule has 0 radical (unpaired) electrons. The summed E-state index contributed by atoms with van der Waals surface area (Å²) in [5.74, 6) is 0. The van der Waals surface area contributed by atoms with E-state index in [0.717, 1.165) is 11.4 Å². The van der Waals surface area contributed by atoms with Crippen LogP contribution in [0.15, 0.2) is 152 Å². The minimum Gasteiger partial charge on any atom is -0.152 e. The fraction of sp³-hybridized carbons (Fsp3) is 0.0278. The van der Waals surface area contributed by atoms with Gasteiger partial charge in [0.1, 0.15) is 0 Å². The minimum atomic E-state index is 1.14. The number of hydrogen-bond acceptors (Lipinski definition) is 0. The van der Waals surface area contributed by atoms with Crippen molar-refractivity contribution >= 4 is 0 Å².